The van der Waals surface area contributed by atoms with Gasteiger partial charge in [0, 0.05) is 42.9 Å². The van der Waals surface area contributed by atoms with Gasteiger partial charge in [-0.2, -0.15) is 0 Å². The third-order valence-electron chi connectivity index (χ3n) is 10.3. The second-order valence-corrected chi connectivity index (χ2v) is 12.3. The summed E-state index contributed by atoms with van der Waals surface area (Å²) in [6.07, 6.45) is 5.34. The van der Waals surface area contributed by atoms with Crippen LogP contribution in [0.3, 0.4) is 0 Å². The third-order valence-corrected chi connectivity index (χ3v) is 10.3. The van der Waals surface area contributed by atoms with E-state index in [0.717, 1.165) is 11.1 Å². The number of aromatic amines is 1. The summed E-state index contributed by atoms with van der Waals surface area (Å²) in [6, 6.07) is 13.0. The summed E-state index contributed by atoms with van der Waals surface area (Å²) in [6.45, 7) is 5.83. The number of methoxy groups -OCH3 is 1. The van der Waals surface area contributed by atoms with Crippen molar-refractivity contribution in [3.63, 3.8) is 0 Å². The van der Waals surface area contributed by atoms with Crippen LogP contribution in [0.1, 0.15) is 49.3 Å². The van der Waals surface area contributed by atoms with Crippen LogP contribution >= 0.6 is 0 Å². The van der Waals surface area contributed by atoms with Gasteiger partial charge >= 0.3 is 11.9 Å². The molecule has 0 amide bonds. The molecule has 2 fully saturated rings. The minimum atomic E-state index is -1.33. The average Bonchev–Trinajstić information content (AvgIpc) is 3.56. The van der Waals surface area contributed by atoms with Crippen molar-refractivity contribution >= 4 is 11.9 Å². The van der Waals surface area contributed by atoms with Crippen LogP contribution < -0.4 is 0 Å². The lowest BCUT2D eigenvalue weighted by atomic mass is 9.46. The van der Waals surface area contributed by atoms with E-state index < -0.39 is 47.9 Å². The fraction of sp³-hybridized carbons (Fsp3) is 0.515. The summed E-state index contributed by atoms with van der Waals surface area (Å²) in [4.78, 5) is 29.1. The van der Waals surface area contributed by atoms with E-state index in [1.54, 1.807) is 18.3 Å². The van der Waals surface area contributed by atoms with Crippen molar-refractivity contribution < 1.29 is 34.0 Å². The molecule has 3 aliphatic carbocycles. The molecule has 1 unspecified atom stereocenters. The van der Waals surface area contributed by atoms with Gasteiger partial charge in [0.2, 0.25) is 0 Å². The maximum atomic E-state index is 13.4. The number of hydrogen-bond donors (Lipinski definition) is 3. The number of carbonyl (C=O) groups is 2. The highest BCUT2D eigenvalue weighted by Crippen LogP contribution is 2.66. The van der Waals surface area contributed by atoms with Crippen LogP contribution in [0.25, 0.3) is 0 Å². The van der Waals surface area contributed by atoms with Crippen LogP contribution in [0, 0.1) is 41.4 Å². The Morgan fingerprint density at radius 1 is 1.10 bits per heavy atom. The Kier molecular flexibility index (Phi) is 7.20. The smallest absolute Gasteiger partial charge is 0.355 e. The van der Waals surface area contributed by atoms with Crippen molar-refractivity contribution in [2.75, 3.05) is 7.11 Å². The summed E-state index contributed by atoms with van der Waals surface area (Å²) in [5, 5.41) is 24.3. The number of rotatable bonds is 4. The second kappa shape index (κ2) is 10.6. The van der Waals surface area contributed by atoms with Crippen LogP contribution in [0.5, 0.6) is 0 Å². The first-order chi connectivity index (χ1) is 19.7. The van der Waals surface area contributed by atoms with E-state index >= 15 is 0 Å². The number of ether oxygens (including phenoxy) is 3. The molecule has 41 heavy (non-hydrogen) atoms. The zero-order valence-corrected chi connectivity index (χ0v) is 23.8. The van der Waals surface area contributed by atoms with Crippen molar-refractivity contribution in [3.05, 3.63) is 83.7 Å². The Bertz CT molecular complexity index is 1340. The van der Waals surface area contributed by atoms with E-state index in [0.29, 0.717) is 5.69 Å². The first-order valence-corrected chi connectivity index (χ1v) is 14.6. The summed E-state index contributed by atoms with van der Waals surface area (Å²) in [7, 11) is 1.49. The van der Waals surface area contributed by atoms with Crippen LogP contribution in [0.15, 0.2) is 72.5 Å². The third kappa shape index (κ3) is 4.39. The molecule has 0 spiro atoms. The van der Waals surface area contributed by atoms with Crippen LogP contribution in [-0.4, -0.2) is 58.2 Å². The number of esters is 2. The SMILES string of the molecule is CO[C@H]1C[C@H]2C=C[C@H]3[C@H]4C([C@H]3[C@]2(O)/C(C)=C/[C@H](C)[C@@H](c2ccccc2)OC1=O)[C@H](O)[C@@H](C)[C@H]4OC(=O)c1ccc[nH]1. The van der Waals surface area contributed by atoms with Gasteiger partial charge in [-0.25, -0.2) is 9.59 Å². The molecule has 2 aromatic rings. The van der Waals surface area contributed by atoms with Gasteiger partial charge in [0.25, 0.3) is 0 Å². The number of fused-ring (bicyclic) bond motifs is 6. The fourth-order valence-electron chi connectivity index (χ4n) is 8.21. The highest BCUT2D eigenvalue weighted by molar-refractivity contribution is 5.87. The van der Waals surface area contributed by atoms with Gasteiger partial charge in [-0.1, -0.05) is 62.4 Å². The normalized spacial score (nSPS) is 42.9. The number of aliphatic hydroxyl groups excluding tert-OH is 1. The number of aliphatic hydroxyl groups is 2. The second-order valence-electron chi connectivity index (χ2n) is 12.3. The molecule has 1 aliphatic heterocycles. The molecule has 3 N–H and O–H groups in total. The maximum Gasteiger partial charge on any atom is 0.355 e. The van der Waals surface area contributed by atoms with E-state index in [2.05, 4.69) is 11.1 Å². The number of benzene rings is 1. The topological polar surface area (TPSA) is 118 Å². The number of allylic oxidation sites excluding steroid dienone is 1. The molecular formula is C33H39NO7. The predicted octanol–water partition coefficient (Wildman–Crippen LogP) is 4.23. The molecule has 2 saturated carbocycles. The van der Waals surface area contributed by atoms with Gasteiger partial charge in [0.05, 0.1) is 11.7 Å². The van der Waals surface area contributed by atoms with E-state index in [1.165, 1.54) is 7.11 Å². The lowest BCUT2D eigenvalue weighted by Crippen LogP contribution is -2.65. The number of nitrogens with one attached hydrogen (secondary N) is 1. The van der Waals surface area contributed by atoms with Crippen molar-refractivity contribution in [2.45, 2.75) is 57.2 Å². The van der Waals surface area contributed by atoms with Gasteiger partial charge < -0.3 is 29.4 Å². The first-order valence-electron chi connectivity index (χ1n) is 14.6. The number of hydrogen-bond acceptors (Lipinski definition) is 7. The van der Waals surface area contributed by atoms with Gasteiger partial charge in [-0.15, -0.1) is 0 Å². The van der Waals surface area contributed by atoms with Crippen molar-refractivity contribution in [3.8, 4) is 0 Å². The lowest BCUT2D eigenvalue weighted by Gasteiger charge is -2.61. The Balaban J connectivity index is 1.37. The number of aromatic nitrogens is 1. The molecule has 0 saturated heterocycles. The Hall–Kier alpha value is -3.20. The van der Waals surface area contributed by atoms with Crippen molar-refractivity contribution in [1.82, 2.24) is 4.98 Å². The lowest BCUT2D eigenvalue weighted by molar-refractivity contribution is -0.184. The molecule has 2 heterocycles. The standard InChI is InChI=1S/C33H39NO7/c1-17-15-18(2)33(38)21(16-24(39-4)32(37)40-29(17)20-9-6-5-7-10-20)12-13-22-25-26(27(22)33)28(35)19(3)30(25)41-31(36)23-11-8-14-34-23/h5-15,17,19,21-22,24-30,34-35,38H,16H2,1-4H3/b18-15+/t17-,19+,21+,22-,24-,25-,26?,27-,28+,29-,30+,33-/m0/s1. The molecule has 1 aromatic carbocycles. The molecule has 0 radical (unpaired) electrons. The first kappa shape index (κ1) is 27.9. The minimum Gasteiger partial charge on any atom is -0.457 e. The average molecular weight is 562 g/mol. The predicted molar refractivity (Wildman–Crippen MR) is 150 cm³/mol. The van der Waals surface area contributed by atoms with Crippen molar-refractivity contribution in [1.29, 1.82) is 0 Å². The van der Waals surface area contributed by atoms with Crippen LogP contribution in [0.2, 0.25) is 0 Å². The minimum absolute atomic E-state index is 0.0956. The molecule has 12 atom stereocenters. The largest absolute Gasteiger partial charge is 0.457 e. The molecule has 218 valence electrons. The Labute approximate surface area is 240 Å². The van der Waals surface area contributed by atoms with Gasteiger partial charge in [0.15, 0.2) is 6.10 Å². The molecule has 0 bridgehead atoms. The monoisotopic (exact) mass is 561 g/mol. The zero-order valence-electron chi connectivity index (χ0n) is 23.8. The van der Waals surface area contributed by atoms with Gasteiger partial charge in [0.1, 0.15) is 17.9 Å². The molecule has 8 heteroatoms. The quantitative estimate of drug-likeness (QED) is 0.378. The van der Waals surface area contributed by atoms with Crippen molar-refractivity contribution in [2.24, 2.45) is 41.4 Å². The van der Waals surface area contributed by atoms with E-state index in [4.69, 9.17) is 14.2 Å². The van der Waals surface area contributed by atoms with E-state index in [-0.39, 0.29) is 41.9 Å². The Morgan fingerprint density at radius 2 is 1.85 bits per heavy atom. The number of H-pyrrole nitrogens is 1. The molecular weight excluding hydrogens is 522 g/mol. The molecule has 8 nitrogen and oxygen atoms in total. The maximum absolute atomic E-state index is 13.4. The fourth-order valence-corrected chi connectivity index (χ4v) is 8.21. The highest BCUT2D eigenvalue weighted by atomic mass is 16.6. The van der Waals surface area contributed by atoms with E-state index in [1.807, 2.05) is 63.3 Å². The molecule has 6 rings (SSSR count). The summed E-state index contributed by atoms with van der Waals surface area (Å²) in [5.41, 5.74) is 0.694. The Morgan fingerprint density at radius 3 is 2.54 bits per heavy atom. The van der Waals surface area contributed by atoms with E-state index in [9.17, 15) is 19.8 Å². The zero-order chi connectivity index (χ0) is 29.1. The number of carbonyl (C=O) groups excluding carboxylic acids is 2. The molecule has 4 aliphatic rings. The van der Waals surface area contributed by atoms with Gasteiger partial charge in [-0.3, -0.25) is 0 Å². The summed E-state index contributed by atoms with van der Waals surface area (Å²) in [5.74, 6) is -2.66. The molecule has 1 aromatic heterocycles. The van der Waals surface area contributed by atoms with Crippen LogP contribution in [-0.2, 0) is 19.0 Å². The van der Waals surface area contributed by atoms with Gasteiger partial charge in [-0.05, 0) is 48.4 Å². The highest BCUT2D eigenvalue weighted by Gasteiger charge is 2.71. The summed E-state index contributed by atoms with van der Waals surface area (Å²) < 4.78 is 17.7. The van der Waals surface area contributed by atoms with Crippen LogP contribution in [0.4, 0.5) is 0 Å². The summed E-state index contributed by atoms with van der Waals surface area (Å²) >= 11 is 0. The number of cyclic esters (lactones) is 1.